The number of hydrogen-bond donors (Lipinski definition) is 1. The molecule has 1 fully saturated rings. The van der Waals surface area contributed by atoms with Crippen molar-refractivity contribution in [1.82, 2.24) is 0 Å². The second-order valence-electron chi connectivity index (χ2n) is 8.55. The lowest BCUT2D eigenvalue weighted by Crippen LogP contribution is -2.37. The van der Waals surface area contributed by atoms with E-state index in [1.54, 1.807) is 0 Å². The summed E-state index contributed by atoms with van der Waals surface area (Å²) in [5.41, 5.74) is 5.66. The largest absolute Gasteiger partial charge is 0.324 e. The van der Waals surface area contributed by atoms with Gasteiger partial charge in [0.2, 0.25) is 5.91 Å². The van der Waals surface area contributed by atoms with Crippen LogP contribution in [0.2, 0.25) is 5.02 Å². The minimum Gasteiger partial charge on any atom is -0.324 e. The third-order valence-electron chi connectivity index (χ3n) is 5.75. The number of anilines is 2. The van der Waals surface area contributed by atoms with Crippen molar-refractivity contribution >= 4 is 55.6 Å². The SMILES string of the molecule is Cc1cc(C)c(NC(=O)CN(C2=N[C@H]3CS(=O)(=O)C[C@@H]3S2)c2ccc(C)c(Cl)c2)c(C)c1. The van der Waals surface area contributed by atoms with Crippen LogP contribution in [0, 0.1) is 27.7 Å². The number of halogens is 1. The number of carbonyl (C=O) groups excluding carboxylic acids is 1. The fraction of sp³-hybridized carbons (Fsp3) is 0.391. The Labute approximate surface area is 198 Å². The van der Waals surface area contributed by atoms with Crippen LogP contribution in [0.5, 0.6) is 0 Å². The summed E-state index contributed by atoms with van der Waals surface area (Å²) >= 11 is 7.79. The van der Waals surface area contributed by atoms with Gasteiger partial charge in [0.05, 0.1) is 17.5 Å². The molecule has 2 atom stereocenters. The molecule has 9 heteroatoms. The van der Waals surface area contributed by atoms with Gasteiger partial charge in [-0.3, -0.25) is 9.79 Å². The van der Waals surface area contributed by atoms with Crippen molar-refractivity contribution in [1.29, 1.82) is 0 Å². The molecule has 0 spiro atoms. The number of aliphatic imine (C=N–C) groups is 1. The number of amidine groups is 1. The Bertz CT molecular complexity index is 1200. The first-order valence-electron chi connectivity index (χ1n) is 10.4. The highest BCUT2D eigenvalue weighted by Crippen LogP contribution is 2.37. The minimum absolute atomic E-state index is 0.0458. The Kier molecular flexibility index (Phi) is 6.31. The highest BCUT2D eigenvalue weighted by Gasteiger charge is 2.44. The van der Waals surface area contributed by atoms with Crippen LogP contribution in [0.25, 0.3) is 0 Å². The van der Waals surface area contributed by atoms with E-state index in [0.717, 1.165) is 33.6 Å². The van der Waals surface area contributed by atoms with Crippen LogP contribution >= 0.6 is 23.4 Å². The maximum atomic E-state index is 13.1. The molecule has 0 bridgehead atoms. The van der Waals surface area contributed by atoms with Gasteiger partial charge in [-0.25, -0.2) is 8.42 Å². The van der Waals surface area contributed by atoms with Gasteiger partial charge >= 0.3 is 0 Å². The Balaban J connectivity index is 1.62. The average molecular weight is 492 g/mol. The van der Waals surface area contributed by atoms with Crippen molar-refractivity contribution in [3.05, 3.63) is 57.6 Å². The number of nitrogens with one attached hydrogen (secondary N) is 1. The summed E-state index contributed by atoms with van der Waals surface area (Å²) in [6.07, 6.45) is 0. The normalized spacial score (nSPS) is 21.2. The minimum atomic E-state index is -3.06. The zero-order valence-corrected chi connectivity index (χ0v) is 20.9. The van der Waals surface area contributed by atoms with Crippen LogP contribution in [-0.2, 0) is 14.6 Å². The Morgan fingerprint density at radius 3 is 2.44 bits per heavy atom. The van der Waals surface area contributed by atoms with Gasteiger partial charge in [0.25, 0.3) is 0 Å². The van der Waals surface area contributed by atoms with Crippen LogP contribution in [0.3, 0.4) is 0 Å². The van der Waals surface area contributed by atoms with Crippen molar-refractivity contribution in [3.8, 4) is 0 Å². The number of amides is 1. The third kappa shape index (κ3) is 4.82. The summed E-state index contributed by atoms with van der Waals surface area (Å²) < 4.78 is 23.9. The van der Waals surface area contributed by atoms with Gasteiger partial charge in [-0.05, 0) is 56.5 Å². The number of benzene rings is 2. The molecule has 2 aliphatic heterocycles. The van der Waals surface area contributed by atoms with Crippen molar-refractivity contribution in [2.24, 2.45) is 4.99 Å². The molecule has 1 N–H and O–H groups in total. The Hall–Kier alpha value is -2.03. The molecule has 1 amide bonds. The maximum absolute atomic E-state index is 13.1. The molecule has 0 aromatic heterocycles. The van der Waals surface area contributed by atoms with E-state index in [1.165, 1.54) is 11.8 Å². The summed E-state index contributed by atoms with van der Waals surface area (Å²) in [5, 5.41) is 4.19. The maximum Gasteiger partial charge on any atom is 0.244 e. The van der Waals surface area contributed by atoms with E-state index in [-0.39, 0.29) is 35.2 Å². The van der Waals surface area contributed by atoms with Gasteiger partial charge in [0, 0.05) is 21.6 Å². The number of thioether (sulfide) groups is 1. The molecule has 6 nitrogen and oxygen atoms in total. The van der Waals surface area contributed by atoms with Crippen LogP contribution < -0.4 is 10.2 Å². The van der Waals surface area contributed by atoms with Gasteiger partial charge < -0.3 is 10.2 Å². The summed E-state index contributed by atoms with van der Waals surface area (Å²) in [6, 6.07) is 9.44. The first-order chi connectivity index (χ1) is 15.0. The number of sulfone groups is 1. The molecule has 0 radical (unpaired) electrons. The fourth-order valence-corrected chi connectivity index (χ4v) is 8.14. The van der Waals surface area contributed by atoms with E-state index in [0.29, 0.717) is 10.2 Å². The van der Waals surface area contributed by atoms with Crippen LogP contribution in [0.1, 0.15) is 22.3 Å². The molecule has 170 valence electrons. The highest BCUT2D eigenvalue weighted by molar-refractivity contribution is 8.15. The monoisotopic (exact) mass is 491 g/mol. The predicted molar refractivity (Wildman–Crippen MR) is 134 cm³/mol. The number of carbonyl (C=O) groups is 1. The lowest BCUT2D eigenvalue weighted by molar-refractivity contribution is -0.114. The first-order valence-corrected chi connectivity index (χ1v) is 13.5. The van der Waals surface area contributed by atoms with Crippen molar-refractivity contribution in [2.75, 3.05) is 28.3 Å². The topological polar surface area (TPSA) is 78.8 Å². The zero-order chi connectivity index (χ0) is 23.2. The molecule has 2 aliphatic rings. The van der Waals surface area contributed by atoms with Crippen molar-refractivity contribution < 1.29 is 13.2 Å². The lowest BCUT2D eigenvalue weighted by atomic mass is 10.1. The van der Waals surface area contributed by atoms with E-state index in [9.17, 15) is 13.2 Å². The molecular weight excluding hydrogens is 466 g/mol. The van der Waals surface area contributed by atoms with E-state index in [4.69, 9.17) is 11.6 Å². The standard InChI is InChI=1S/C23H26ClN3O3S2/c1-13-7-15(3)22(16(4)8-13)26-21(28)10-27(17-6-5-14(2)18(24)9-17)23-25-19-11-32(29,30)12-20(19)31-23/h5-9,19-20H,10-12H2,1-4H3,(H,26,28)/t19-,20-/m0/s1. The van der Waals surface area contributed by atoms with E-state index < -0.39 is 9.84 Å². The molecule has 0 aliphatic carbocycles. The van der Waals surface area contributed by atoms with Crippen LogP contribution in [0.4, 0.5) is 11.4 Å². The van der Waals surface area contributed by atoms with E-state index in [1.807, 2.05) is 62.9 Å². The second kappa shape index (κ2) is 8.72. The average Bonchev–Trinajstić information content (AvgIpc) is 3.18. The Morgan fingerprint density at radius 2 is 1.81 bits per heavy atom. The third-order valence-corrected chi connectivity index (χ3v) is 9.40. The van der Waals surface area contributed by atoms with Crippen LogP contribution in [0.15, 0.2) is 35.3 Å². The van der Waals surface area contributed by atoms with Crippen molar-refractivity contribution in [2.45, 2.75) is 39.0 Å². The fourth-order valence-electron chi connectivity index (χ4n) is 4.19. The molecule has 0 saturated carbocycles. The molecular formula is C23H26ClN3O3S2. The summed E-state index contributed by atoms with van der Waals surface area (Å²) in [7, 11) is -3.06. The van der Waals surface area contributed by atoms with Gasteiger partial charge in [-0.15, -0.1) is 0 Å². The van der Waals surface area contributed by atoms with E-state index >= 15 is 0 Å². The molecule has 2 aromatic rings. The first kappa shape index (κ1) is 23.1. The smallest absolute Gasteiger partial charge is 0.244 e. The molecule has 32 heavy (non-hydrogen) atoms. The second-order valence-corrected chi connectivity index (χ2v) is 12.3. The van der Waals surface area contributed by atoms with Crippen LogP contribution in [-0.4, -0.2) is 48.8 Å². The quantitative estimate of drug-likeness (QED) is 0.690. The van der Waals surface area contributed by atoms with Crippen molar-refractivity contribution in [3.63, 3.8) is 0 Å². The van der Waals surface area contributed by atoms with Gasteiger partial charge in [-0.1, -0.05) is 47.1 Å². The highest BCUT2D eigenvalue weighted by atomic mass is 35.5. The molecule has 1 saturated heterocycles. The molecule has 2 aromatic carbocycles. The summed E-state index contributed by atoms with van der Waals surface area (Å²) in [5.74, 6) is 0.000802. The van der Waals surface area contributed by atoms with Gasteiger partial charge in [0.1, 0.15) is 6.54 Å². The Morgan fingerprint density at radius 1 is 1.12 bits per heavy atom. The predicted octanol–water partition coefficient (Wildman–Crippen LogP) is 4.29. The molecule has 4 rings (SSSR count). The van der Waals surface area contributed by atoms with Gasteiger partial charge in [-0.2, -0.15) is 0 Å². The van der Waals surface area contributed by atoms with Gasteiger partial charge in [0.15, 0.2) is 15.0 Å². The van der Waals surface area contributed by atoms with E-state index in [2.05, 4.69) is 10.3 Å². The lowest BCUT2D eigenvalue weighted by Gasteiger charge is -2.25. The number of aryl methyl sites for hydroxylation is 4. The summed E-state index contributed by atoms with van der Waals surface area (Å²) in [6.45, 7) is 7.95. The molecule has 0 unspecified atom stereocenters. The number of nitrogens with zero attached hydrogens (tertiary/aromatic N) is 2. The number of hydrogen-bond acceptors (Lipinski definition) is 6. The number of fused-ring (bicyclic) bond motifs is 1. The number of rotatable bonds is 4. The zero-order valence-electron chi connectivity index (χ0n) is 18.5. The summed E-state index contributed by atoms with van der Waals surface area (Å²) in [4.78, 5) is 19.6. The molecule has 2 heterocycles.